The fourth-order valence-corrected chi connectivity index (χ4v) is 1.69. The average Bonchev–Trinajstić information content (AvgIpc) is 2.86. The molecule has 0 spiro atoms. The number of pyridine rings is 1. The molecule has 2 aromatic heterocycles. The van der Waals surface area contributed by atoms with Crippen LogP contribution in [0.15, 0.2) is 36.8 Å². The van der Waals surface area contributed by atoms with E-state index in [0.29, 0.717) is 12.2 Å². The molecule has 0 unspecified atom stereocenters. The highest BCUT2D eigenvalue weighted by atomic mass is 16.2. The van der Waals surface area contributed by atoms with Gasteiger partial charge in [0, 0.05) is 31.7 Å². The zero-order valence-electron chi connectivity index (χ0n) is 10.3. The third-order valence-electron chi connectivity index (χ3n) is 2.56. The van der Waals surface area contributed by atoms with E-state index >= 15 is 0 Å². The highest BCUT2D eigenvalue weighted by molar-refractivity contribution is 5.92. The molecule has 18 heavy (non-hydrogen) atoms. The first-order chi connectivity index (χ1) is 8.81. The third-order valence-corrected chi connectivity index (χ3v) is 2.56. The molecule has 5 nitrogen and oxygen atoms in total. The summed E-state index contributed by atoms with van der Waals surface area (Å²) in [6.07, 6.45) is 6.05. The Morgan fingerprint density at radius 1 is 1.39 bits per heavy atom. The van der Waals surface area contributed by atoms with Crippen LogP contribution in [0.4, 0.5) is 0 Å². The van der Waals surface area contributed by atoms with Crippen molar-refractivity contribution in [2.45, 2.75) is 26.4 Å². The van der Waals surface area contributed by atoms with Gasteiger partial charge in [-0.1, -0.05) is 13.0 Å². The Balaban J connectivity index is 1.97. The van der Waals surface area contributed by atoms with Gasteiger partial charge in [0.15, 0.2) is 0 Å². The van der Waals surface area contributed by atoms with Crippen molar-refractivity contribution >= 4 is 5.91 Å². The lowest BCUT2D eigenvalue weighted by molar-refractivity contribution is 0.0940. The number of rotatable bonds is 5. The van der Waals surface area contributed by atoms with E-state index in [0.717, 1.165) is 18.5 Å². The van der Waals surface area contributed by atoms with Crippen LogP contribution >= 0.6 is 0 Å². The summed E-state index contributed by atoms with van der Waals surface area (Å²) in [7, 11) is 0. The lowest BCUT2D eigenvalue weighted by Crippen LogP contribution is -2.25. The number of aryl methyl sites for hydroxylation is 1. The van der Waals surface area contributed by atoms with Crippen molar-refractivity contribution in [1.82, 2.24) is 20.1 Å². The molecule has 2 heterocycles. The minimum atomic E-state index is -0.107. The van der Waals surface area contributed by atoms with Crippen LogP contribution in [0.25, 0.3) is 0 Å². The van der Waals surface area contributed by atoms with Gasteiger partial charge in [0.1, 0.15) is 5.69 Å². The molecule has 0 bridgehead atoms. The van der Waals surface area contributed by atoms with Crippen molar-refractivity contribution in [3.8, 4) is 0 Å². The van der Waals surface area contributed by atoms with Gasteiger partial charge in [0.05, 0.1) is 0 Å². The van der Waals surface area contributed by atoms with Crippen LogP contribution in [-0.4, -0.2) is 20.7 Å². The van der Waals surface area contributed by atoms with Crippen LogP contribution in [0.2, 0.25) is 0 Å². The molecular weight excluding hydrogens is 228 g/mol. The molecule has 0 fully saturated rings. The van der Waals surface area contributed by atoms with Crippen LogP contribution in [0.1, 0.15) is 29.4 Å². The first kappa shape index (κ1) is 12.3. The van der Waals surface area contributed by atoms with Crippen LogP contribution in [-0.2, 0) is 13.1 Å². The number of carbonyl (C=O) groups excluding carboxylic acids is 1. The standard InChI is InChI=1S/C13H16N4O/c1-2-8-17-12(5-7-16-17)13(18)15-10-11-4-3-6-14-9-11/h3-7,9H,2,8,10H2,1H3,(H,15,18). The molecule has 94 valence electrons. The summed E-state index contributed by atoms with van der Waals surface area (Å²) in [6.45, 7) is 3.28. The number of nitrogens with one attached hydrogen (secondary N) is 1. The van der Waals surface area contributed by atoms with E-state index in [1.807, 2.05) is 12.1 Å². The second-order valence-corrected chi connectivity index (χ2v) is 3.98. The number of aromatic nitrogens is 3. The number of hydrogen-bond acceptors (Lipinski definition) is 3. The SMILES string of the molecule is CCCn1nccc1C(=O)NCc1cccnc1. The van der Waals surface area contributed by atoms with Crippen molar-refractivity contribution in [3.05, 3.63) is 48.0 Å². The molecule has 0 aliphatic carbocycles. The lowest BCUT2D eigenvalue weighted by atomic mass is 10.3. The van der Waals surface area contributed by atoms with Gasteiger partial charge in [-0.25, -0.2) is 0 Å². The van der Waals surface area contributed by atoms with Crippen molar-refractivity contribution < 1.29 is 4.79 Å². The minimum Gasteiger partial charge on any atom is -0.347 e. The summed E-state index contributed by atoms with van der Waals surface area (Å²) in [5.41, 5.74) is 1.58. The molecule has 0 radical (unpaired) electrons. The zero-order chi connectivity index (χ0) is 12.8. The molecular formula is C13H16N4O. The first-order valence-corrected chi connectivity index (χ1v) is 6.00. The Labute approximate surface area is 106 Å². The maximum absolute atomic E-state index is 12.0. The van der Waals surface area contributed by atoms with Crippen molar-refractivity contribution in [3.63, 3.8) is 0 Å². The van der Waals surface area contributed by atoms with Crippen molar-refractivity contribution in [2.75, 3.05) is 0 Å². The molecule has 2 aromatic rings. The summed E-state index contributed by atoms with van der Waals surface area (Å²) < 4.78 is 1.72. The van der Waals surface area contributed by atoms with Crippen LogP contribution in [0.3, 0.4) is 0 Å². The Morgan fingerprint density at radius 2 is 2.28 bits per heavy atom. The monoisotopic (exact) mass is 244 g/mol. The van der Waals surface area contributed by atoms with Gasteiger partial charge in [-0.2, -0.15) is 5.10 Å². The van der Waals surface area contributed by atoms with E-state index in [9.17, 15) is 4.79 Å². The molecule has 0 aliphatic heterocycles. The molecule has 0 saturated carbocycles. The Bertz CT molecular complexity index is 507. The van der Waals surface area contributed by atoms with Crippen molar-refractivity contribution in [1.29, 1.82) is 0 Å². The second kappa shape index (κ2) is 5.95. The van der Waals surface area contributed by atoms with Gasteiger partial charge in [-0.3, -0.25) is 14.5 Å². The molecule has 0 aromatic carbocycles. The largest absolute Gasteiger partial charge is 0.347 e. The first-order valence-electron chi connectivity index (χ1n) is 6.00. The van der Waals surface area contributed by atoms with E-state index in [-0.39, 0.29) is 5.91 Å². The summed E-state index contributed by atoms with van der Waals surface area (Å²) in [6, 6.07) is 5.51. The quantitative estimate of drug-likeness (QED) is 0.869. The Morgan fingerprint density at radius 3 is 3.00 bits per heavy atom. The topological polar surface area (TPSA) is 59.8 Å². The molecule has 0 saturated heterocycles. The van der Waals surface area contributed by atoms with Gasteiger partial charge in [0.25, 0.3) is 5.91 Å². The molecule has 0 atom stereocenters. The smallest absolute Gasteiger partial charge is 0.269 e. The van der Waals surface area contributed by atoms with Gasteiger partial charge in [-0.15, -0.1) is 0 Å². The Hall–Kier alpha value is -2.17. The zero-order valence-corrected chi connectivity index (χ0v) is 10.3. The van der Waals surface area contributed by atoms with Gasteiger partial charge in [-0.05, 0) is 24.1 Å². The normalized spacial score (nSPS) is 10.3. The average molecular weight is 244 g/mol. The summed E-state index contributed by atoms with van der Waals surface area (Å²) in [4.78, 5) is 16.0. The maximum atomic E-state index is 12.0. The van der Waals surface area contributed by atoms with Crippen LogP contribution < -0.4 is 5.32 Å². The van der Waals surface area contributed by atoms with E-state index < -0.39 is 0 Å². The minimum absolute atomic E-state index is 0.107. The lowest BCUT2D eigenvalue weighted by Gasteiger charge is -2.07. The highest BCUT2D eigenvalue weighted by Gasteiger charge is 2.10. The van der Waals surface area contributed by atoms with E-state index in [4.69, 9.17) is 0 Å². The van der Waals surface area contributed by atoms with Gasteiger partial charge >= 0.3 is 0 Å². The second-order valence-electron chi connectivity index (χ2n) is 3.98. The van der Waals surface area contributed by atoms with Crippen LogP contribution in [0.5, 0.6) is 0 Å². The predicted octanol–water partition coefficient (Wildman–Crippen LogP) is 1.62. The third kappa shape index (κ3) is 2.94. The predicted molar refractivity (Wildman–Crippen MR) is 67.9 cm³/mol. The molecule has 1 N–H and O–H groups in total. The molecule has 0 aliphatic rings. The Kier molecular flexibility index (Phi) is 4.06. The molecule has 2 rings (SSSR count). The summed E-state index contributed by atoms with van der Waals surface area (Å²) >= 11 is 0. The number of nitrogens with zero attached hydrogens (tertiary/aromatic N) is 3. The van der Waals surface area contributed by atoms with Gasteiger partial charge in [0.2, 0.25) is 0 Å². The van der Waals surface area contributed by atoms with Gasteiger partial charge < -0.3 is 5.32 Å². The number of amides is 1. The number of carbonyl (C=O) groups is 1. The molecule has 5 heteroatoms. The van der Waals surface area contributed by atoms with Crippen LogP contribution in [0, 0.1) is 0 Å². The fourth-order valence-electron chi connectivity index (χ4n) is 1.69. The summed E-state index contributed by atoms with van der Waals surface area (Å²) in [5.74, 6) is -0.107. The fraction of sp³-hybridized carbons (Fsp3) is 0.308. The highest BCUT2D eigenvalue weighted by Crippen LogP contribution is 2.01. The van der Waals surface area contributed by atoms with E-state index in [2.05, 4.69) is 22.3 Å². The number of hydrogen-bond donors (Lipinski definition) is 1. The van der Waals surface area contributed by atoms with E-state index in [1.165, 1.54) is 0 Å². The molecule has 1 amide bonds. The summed E-state index contributed by atoms with van der Waals surface area (Å²) in [5, 5.41) is 6.99. The van der Waals surface area contributed by atoms with Crippen molar-refractivity contribution in [2.24, 2.45) is 0 Å². The van der Waals surface area contributed by atoms with E-state index in [1.54, 1.807) is 29.3 Å². The maximum Gasteiger partial charge on any atom is 0.269 e.